The fourth-order valence-corrected chi connectivity index (χ4v) is 3.99. The summed E-state index contributed by atoms with van der Waals surface area (Å²) in [6.07, 6.45) is 0.539. The van der Waals surface area contributed by atoms with Gasteiger partial charge in [0.25, 0.3) is 11.6 Å². The summed E-state index contributed by atoms with van der Waals surface area (Å²) in [4.78, 5) is 21.9. The first-order chi connectivity index (χ1) is 9.37. The molecule has 1 unspecified atom stereocenters. The average molecular weight is 298 g/mol. The number of benzene rings is 1. The Hall–Kier alpha value is -1.96. The van der Waals surface area contributed by atoms with Crippen LogP contribution in [0, 0.1) is 16.0 Å². The van der Waals surface area contributed by atoms with Crippen molar-refractivity contribution < 1.29 is 18.1 Å². The fraction of sp³-hybridized carbons (Fsp3) is 0.417. The molecule has 1 atom stereocenters. The second kappa shape index (κ2) is 5.58. The fourth-order valence-electron chi connectivity index (χ4n) is 2.13. The van der Waals surface area contributed by atoms with Crippen LogP contribution in [-0.2, 0) is 9.84 Å². The molecule has 1 aliphatic heterocycles. The molecule has 108 valence electrons. The molecule has 1 aromatic carbocycles. The molecule has 20 heavy (non-hydrogen) atoms. The van der Waals surface area contributed by atoms with Crippen molar-refractivity contribution in [1.29, 1.82) is 0 Å². The lowest BCUT2D eigenvalue weighted by Gasteiger charge is -2.09. The van der Waals surface area contributed by atoms with Gasteiger partial charge >= 0.3 is 0 Å². The molecule has 8 heteroatoms. The van der Waals surface area contributed by atoms with Gasteiger partial charge in [0.2, 0.25) is 0 Å². The van der Waals surface area contributed by atoms with Crippen molar-refractivity contribution in [2.24, 2.45) is 5.92 Å². The highest BCUT2D eigenvalue weighted by atomic mass is 32.2. The molecular formula is C12H14N2O5S. The average Bonchev–Trinajstić information content (AvgIpc) is 2.75. The van der Waals surface area contributed by atoms with Gasteiger partial charge in [0.1, 0.15) is 0 Å². The SMILES string of the molecule is O=C(NCC1CCS(=O)(=O)C1)c1cccc([N+](=O)[O-])c1. The Morgan fingerprint density at radius 3 is 2.80 bits per heavy atom. The summed E-state index contributed by atoms with van der Waals surface area (Å²) in [5, 5.41) is 13.2. The number of nitrogens with zero attached hydrogens (tertiary/aromatic N) is 1. The van der Waals surface area contributed by atoms with E-state index in [-0.39, 0.29) is 35.2 Å². The van der Waals surface area contributed by atoms with Crippen LogP contribution in [0.25, 0.3) is 0 Å². The monoisotopic (exact) mass is 298 g/mol. The van der Waals surface area contributed by atoms with Crippen molar-refractivity contribution in [2.75, 3.05) is 18.1 Å². The second-order valence-electron chi connectivity index (χ2n) is 4.79. The van der Waals surface area contributed by atoms with Crippen LogP contribution in [0.15, 0.2) is 24.3 Å². The van der Waals surface area contributed by atoms with Gasteiger partial charge < -0.3 is 5.32 Å². The van der Waals surface area contributed by atoms with Gasteiger partial charge in [-0.05, 0) is 18.4 Å². The Labute approximate surface area is 116 Å². The summed E-state index contributed by atoms with van der Waals surface area (Å²) in [6.45, 7) is 0.265. The predicted molar refractivity (Wildman–Crippen MR) is 72.2 cm³/mol. The first kappa shape index (κ1) is 14.4. The third kappa shape index (κ3) is 3.53. The molecule has 1 N–H and O–H groups in total. The lowest BCUT2D eigenvalue weighted by atomic mass is 10.1. The van der Waals surface area contributed by atoms with Crippen LogP contribution in [0.4, 0.5) is 5.69 Å². The zero-order valence-corrected chi connectivity index (χ0v) is 11.4. The van der Waals surface area contributed by atoms with E-state index in [0.717, 1.165) is 0 Å². The molecular weight excluding hydrogens is 284 g/mol. The van der Waals surface area contributed by atoms with E-state index in [1.54, 1.807) is 0 Å². The lowest BCUT2D eigenvalue weighted by molar-refractivity contribution is -0.384. The zero-order valence-electron chi connectivity index (χ0n) is 10.6. The minimum Gasteiger partial charge on any atom is -0.352 e. The van der Waals surface area contributed by atoms with E-state index in [9.17, 15) is 23.3 Å². The van der Waals surface area contributed by atoms with E-state index in [1.165, 1.54) is 24.3 Å². The number of carbonyl (C=O) groups excluding carboxylic acids is 1. The van der Waals surface area contributed by atoms with Gasteiger partial charge in [-0.3, -0.25) is 14.9 Å². The molecule has 1 aromatic rings. The highest BCUT2D eigenvalue weighted by Gasteiger charge is 2.28. The Morgan fingerprint density at radius 2 is 2.20 bits per heavy atom. The van der Waals surface area contributed by atoms with Crippen LogP contribution in [0.1, 0.15) is 16.8 Å². The van der Waals surface area contributed by atoms with Crippen molar-refractivity contribution in [3.8, 4) is 0 Å². The Kier molecular flexibility index (Phi) is 4.03. The molecule has 1 aliphatic rings. The van der Waals surface area contributed by atoms with E-state index in [2.05, 4.69) is 5.32 Å². The van der Waals surface area contributed by atoms with E-state index in [4.69, 9.17) is 0 Å². The van der Waals surface area contributed by atoms with Crippen molar-refractivity contribution in [3.63, 3.8) is 0 Å². The highest BCUT2D eigenvalue weighted by Crippen LogP contribution is 2.18. The molecule has 0 aromatic heterocycles. The first-order valence-electron chi connectivity index (χ1n) is 6.10. The third-order valence-electron chi connectivity index (χ3n) is 3.20. The van der Waals surface area contributed by atoms with E-state index in [0.29, 0.717) is 6.42 Å². The molecule has 0 radical (unpaired) electrons. The van der Waals surface area contributed by atoms with Crippen LogP contribution in [0.2, 0.25) is 0 Å². The van der Waals surface area contributed by atoms with Crippen LogP contribution in [0.3, 0.4) is 0 Å². The summed E-state index contributed by atoms with van der Waals surface area (Å²) in [7, 11) is -2.97. The smallest absolute Gasteiger partial charge is 0.270 e. The second-order valence-corrected chi connectivity index (χ2v) is 7.02. The van der Waals surface area contributed by atoms with Gasteiger partial charge in [-0.2, -0.15) is 0 Å². The van der Waals surface area contributed by atoms with Crippen LogP contribution in [0.5, 0.6) is 0 Å². The molecule has 1 saturated heterocycles. The number of hydrogen-bond donors (Lipinski definition) is 1. The number of nitrogens with one attached hydrogen (secondary N) is 1. The molecule has 1 heterocycles. The molecule has 0 aliphatic carbocycles. The number of amides is 1. The normalized spacial score (nSPS) is 20.5. The predicted octanol–water partition coefficient (Wildman–Crippen LogP) is 0.759. The number of hydrogen-bond acceptors (Lipinski definition) is 5. The number of rotatable bonds is 4. The summed E-state index contributed by atoms with van der Waals surface area (Å²) in [5.41, 5.74) is 0.0427. The van der Waals surface area contributed by atoms with Crippen LogP contribution in [-0.4, -0.2) is 37.3 Å². The van der Waals surface area contributed by atoms with Crippen molar-refractivity contribution in [2.45, 2.75) is 6.42 Å². The number of nitro groups is 1. The maximum Gasteiger partial charge on any atom is 0.270 e. The molecule has 0 saturated carbocycles. The van der Waals surface area contributed by atoms with E-state index >= 15 is 0 Å². The summed E-state index contributed by atoms with van der Waals surface area (Å²) >= 11 is 0. The number of non-ortho nitro benzene ring substituents is 1. The Morgan fingerprint density at radius 1 is 1.45 bits per heavy atom. The molecule has 7 nitrogen and oxygen atoms in total. The molecule has 2 rings (SSSR count). The Bertz CT molecular complexity index is 641. The van der Waals surface area contributed by atoms with Crippen molar-refractivity contribution in [1.82, 2.24) is 5.32 Å². The van der Waals surface area contributed by atoms with Gasteiger partial charge in [-0.25, -0.2) is 8.42 Å². The number of sulfone groups is 1. The van der Waals surface area contributed by atoms with E-state index in [1.807, 2.05) is 0 Å². The van der Waals surface area contributed by atoms with E-state index < -0.39 is 20.7 Å². The zero-order chi connectivity index (χ0) is 14.8. The summed E-state index contributed by atoms with van der Waals surface area (Å²) in [6, 6.07) is 5.42. The van der Waals surface area contributed by atoms with Gasteiger partial charge in [-0.1, -0.05) is 6.07 Å². The van der Waals surface area contributed by atoms with Crippen LogP contribution >= 0.6 is 0 Å². The lowest BCUT2D eigenvalue weighted by Crippen LogP contribution is -2.29. The van der Waals surface area contributed by atoms with Gasteiger partial charge in [0.15, 0.2) is 9.84 Å². The minimum absolute atomic E-state index is 0.0809. The molecule has 1 amide bonds. The van der Waals surface area contributed by atoms with Gasteiger partial charge in [0.05, 0.1) is 16.4 Å². The summed E-state index contributed by atoms with van der Waals surface area (Å²) in [5.74, 6) is -0.271. The topological polar surface area (TPSA) is 106 Å². The highest BCUT2D eigenvalue weighted by molar-refractivity contribution is 7.91. The minimum atomic E-state index is -2.97. The molecule has 0 bridgehead atoms. The number of nitro benzene ring substituents is 1. The quantitative estimate of drug-likeness (QED) is 0.652. The van der Waals surface area contributed by atoms with Gasteiger partial charge in [0, 0.05) is 24.2 Å². The number of carbonyl (C=O) groups is 1. The maximum atomic E-state index is 11.9. The van der Waals surface area contributed by atoms with Crippen molar-refractivity contribution in [3.05, 3.63) is 39.9 Å². The molecule has 1 fully saturated rings. The first-order valence-corrected chi connectivity index (χ1v) is 7.92. The third-order valence-corrected chi connectivity index (χ3v) is 5.03. The Balaban J connectivity index is 1.95. The summed E-state index contributed by atoms with van der Waals surface area (Å²) < 4.78 is 22.6. The van der Waals surface area contributed by atoms with Crippen LogP contribution < -0.4 is 5.32 Å². The standard InChI is InChI=1S/C12H14N2O5S/c15-12(10-2-1-3-11(6-10)14(16)17)13-7-9-4-5-20(18,19)8-9/h1-3,6,9H,4-5,7-8H2,(H,13,15). The van der Waals surface area contributed by atoms with Crippen molar-refractivity contribution >= 4 is 21.4 Å². The molecule has 0 spiro atoms. The largest absolute Gasteiger partial charge is 0.352 e. The maximum absolute atomic E-state index is 11.9. The van der Waals surface area contributed by atoms with Gasteiger partial charge in [-0.15, -0.1) is 0 Å².